The molecule has 1 aromatic rings. The Balaban J connectivity index is 2.72. The monoisotopic (exact) mass is 270 g/mol. The van der Waals surface area contributed by atoms with Crippen molar-refractivity contribution in [2.45, 2.75) is 32.8 Å². The van der Waals surface area contributed by atoms with Crippen molar-refractivity contribution in [2.75, 3.05) is 24.7 Å². The van der Waals surface area contributed by atoms with Crippen molar-refractivity contribution in [3.05, 3.63) is 17.9 Å². The molecule has 0 heterocycles. The number of anilines is 2. The Labute approximate surface area is 113 Å². The van der Waals surface area contributed by atoms with Crippen LogP contribution in [0.5, 0.6) is 5.75 Å². The minimum Gasteiger partial charge on any atom is -0.494 e. The van der Waals surface area contributed by atoms with E-state index in [2.05, 4.69) is 5.32 Å². The largest absolute Gasteiger partial charge is 0.494 e. The van der Waals surface area contributed by atoms with Crippen LogP contribution in [0.2, 0.25) is 0 Å². The third-order valence-electron chi connectivity index (χ3n) is 3.42. The number of hydrogen-bond donors (Lipinski definition) is 3. The van der Waals surface area contributed by atoms with Gasteiger partial charge in [-0.3, -0.25) is 0 Å². The molecule has 1 atom stereocenters. The van der Waals surface area contributed by atoms with Crippen LogP contribution in [0, 0.1) is 11.7 Å². The van der Waals surface area contributed by atoms with Crippen LogP contribution in [0.25, 0.3) is 0 Å². The molecule has 0 spiro atoms. The Hall–Kier alpha value is -1.49. The molecule has 0 aromatic heterocycles. The number of aliphatic hydroxyl groups is 1. The maximum absolute atomic E-state index is 13.4. The number of hydrogen-bond acceptors (Lipinski definition) is 4. The van der Waals surface area contributed by atoms with Crippen LogP contribution in [0.15, 0.2) is 12.1 Å². The fourth-order valence-corrected chi connectivity index (χ4v) is 2.09. The highest BCUT2D eigenvalue weighted by molar-refractivity contribution is 5.68. The third kappa shape index (κ3) is 3.99. The number of nitrogens with one attached hydrogen (secondary N) is 1. The molecule has 0 aliphatic carbocycles. The van der Waals surface area contributed by atoms with E-state index in [0.717, 1.165) is 12.8 Å². The lowest BCUT2D eigenvalue weighted by molar-refractivity contribution is 0.114. The Bertz CT molecular complexity index is 409. The zero-order chi connectivity index (χ0) is 14.4. The van der Waals surface area contributed by atoms with Crippen LogP contribution in [0.4, 0.5) is 15.8 Å². The molecule has 1 aromatic carbocycles. The third-order valence-corrected chi connectivity index (χ3v) is 3.42. The van der Waals surface area contributed by atoms with Gasteiger partial charge in [-0.25, -0.2) is 4.39 Å². The summed E-state index contributed by atoms with van der Waals surface area (Å²) in [6.07, 6.45) is 1.38. The van der Waals surface area contributed by atoms with Crippen molar-refractivity contribution < 1.29 is 14.2 Å². The van der Waals surface area contributed by atoms with E-state index in [9.17, 15) is 9.50 Å². The first kappa shape index (κ1) is 15.6. The summed E-state index contributed by atoms with van der Waals surface area (Å²) in [5, 5.41) is 13.1. The fraction of sp³-hybridized carbons (Fsp3) is 0.571. The molecule has 108 valence electrons. The molecule has 0 bridgehead atoms. The van der Waals surface area contributed by atoms with Crippen LogP contribution >= 0.6 is 0 Å². The second-order valence-electron chi connectivity index (χ2n) is 4.60. The molecule has 0 fully saturated rings. The number of rotatable bonds is 7. The molecule has 1 unspecified atom stereocenters. The minimum atomic E-state index is -0.494. The van der Waals surface area contributed by atoms with Crippen LogP contribution in [0.1, 0.15) is 26.7 Å². The highest BCUT2D eigenvalue weighted by atomic mass is 19.1. The predicted octanol–water partition coefficient (Wildman–Crippen LogP) is 2.63. The Kier molecular flexibility index (Phi) is 5.89. The van der Waals surface area contributed by atoms with Gasteiger partial charge in [-0.05, 0) is 5.92 Å². The molecule has 0 amide bonds. The summed E-state index contributed by atoms with van der Waals surface area (Å²) in [4.78, 5) is 0. The second kappa shape index (κ2) is 7.19. The van der Waals surface area contributed by atoms with Gasteiger partial charge < -0.3 is 20.9 Å². The summed E-state index contributed by atoms with van der Waals surface area (Å²) < 4.78 is 18.3. The van der Waals surface area contributed by atoms with Gasteiger partial charge in [-0.1, -0.05) is 26.7 Å². The van der Waals surface area contributed by atoms with Gasteiger partial charge in [0.1, 0.15) is 0 Å². The van der Waals surface area contributed by atoms with E-state index in [0.29, 0.717) is 17.9 Å². The average molecular weight is 270 g/mol. The Morgan fingerprint density at radius 1 is 1.37 bits per heavy atom. The molecule has 19 heavy (non-hydrogen) atoms. The maximum atomic E-state index is 13.4. The number of nitrogens with two attached hydrogens (primary N) is 1. The van der Waals surface area contributed by atoms with E-state index in [4.69, 9.17) is 10.5 Å². The lowest BCUT2D eigenvalue weighted by Crippen LogP contribution is -2.27. The van der Waals surface area contributed by atoms with Gasteiger partial charge >= 0.3 is 0 Å². The molecule has 0 saturated heterocycles. The normalized spacial score (nSPS) is 12.5. The van der Waals surface area contributed by atoms with Crippen LogP contribution < -0.4 is 15.8 Å². The molecule has 4 nitrogen and oxygen atoms in total. The standard InChI is InChI=1S/C14H23FN2O2/c1-4-9(5-2)13(18)8-17-12-7-14(19-3)10(15)6-11(12)16/h6-7,9,13,17-18H,4-5,8,16H2,1-3H3. The summed E-state index contributed by atoms with van der Waals surface area (Å²) in [6, 6.07) is 2.72. The molecule has 4 N–H and O–H groups in total. The van der Waals surface area contributed by atoms with E-state index in [1.165, 1.54) is 19.2 Å². The van der Waals surface area contributed by atoms with Crippen LogP contribution in [-0.4, -0.2) is 24.9 Å². The fourth-order valence-electron chi connectivity index (χ4n) is 2.09. The molecule has 5 heteroatoms. The van der Waals surface area contributed by atoms with E-state index >= 15 is 0 Å². The second-order valence-corrected chi connectivity index (χ2v) is 4.60. The molecular weight excluding hydrogens is 247 g/mol. The quantitative estimate of drug-likeness (QED) is 0.666. The lowest BCUT2D eigenvalue weighted by Gasteiger charge is -2.21. The predicted molar refractivity (Wildman–Crippen MR) is 75.9 cm³/mol. The van der Waals surface area contributed by atoms with Crippen molar-refractivity contribution in [1.29, 1.82) is 0 Å². The van der Waals surface area contributed by atoms with Crippen molar-refractivity contribution >= 4 is 11.4 Å². The molecular formula is C14H23FN2O2. The van der Waals surface area contributed by atoms with Gasteiger partial charge in [0.05, 0.1) is 24.6 Å². The first-order valence-electron chi connectivity index (χ1n) is 6.58. The molecule has 0 saturated carbocycles. The summed E-state index contributed by atoms with van der Waals surface area (Å²) >= 11 is 0. The van der Waals surface area contributed by atoms with Crippen molar-refractivity contribution in [1.82, 2.24) is 0 Å². The highest BCUT2D eigenvalue weighted by Gasteiger charge is 2.16. The van der Waals surface area contributed by atoms with Gasteiger partial charge in [0.25, 0.3) is 0 Å². The van der Waals surface area contributed by atoms with Gasteiger partial charge in [0, 0.05) is 18.7 Å². The SMILES string of the molecule is CCC(CC)C(O)CNc1cc(OC)c(F)cc1N. The van der Waals surface area contributed by atoms with E-state index in [-0.39, 0.29) is 11.7 Å². The smallest absolute Gasteiger partial charge is 0.167 e. The highest BCUT2D eigenvalue weighted by Crippen LogP contribution is 2.28. The molecule has 0 aliphatic heterocycles. The van der Waals surface area contributed by atoms with Gasteiger partial charge in [0.15, 0.2) is 11.6 Å². The summed E-state index contributed by atoms with van der Waals surface area (Å²) in [7, 11) is 1.40. The summed E-state index contributed by atoms with van der Waals surface area (Å²) in [6.45, 7) is 4.48. The Morgan fingerprint density at radius 3 is 2.53 bits per heavy atom. The van der Waals surface area contributed by atoms with Gasteiger partial charge in [-0.15, -0.1) is 0 Å². The zero-order valence-electron chi connectivity index (χ0n) is 11.7. The maximum Gasteiger partial charge on any atom is 0.167 e. The Morgan fingerprint density at radius 2 is 2.00 bits per heavy atom. The molecule has 1 rings (SSSR count). The number of ether oxygens (including phenoxy) is 1. The lowest BCUT2D eigenvalue weighted by atomic mass is 9.96. The topological polar surface area (TPSA) is 67.5 Å². The van der Waals surface area contributed by atoms with Gasteiger partial charge in [-0.2, -0.15) is 0 Å². The van der Waals surface area contributed by atoms with Crippen molar-refractivity contribution in [3.63, 3.8) is 0 Å². The number of benzene rings is 1. The molecule has 0 aliphatic rings. The van der Waals surface area contributed by atoms with E-state index < -0.39 is 11.9 Å². The number of nitrogen functional groups attached to an aromatic ring is 1. The van der Waals surface area contributed by atoms with E-state index in [1.807, 2.05) is 13.8 Å². The number of aliphatic hydroxyl groups excluding tert-OH is 1. The zero-order valence-corrected chi connectivity index (χ0v) is 11.7. The average Bonchev–Trinajstić information content (AvgIpc) is 2.39. The van der Waals surface area contributed by atoms with Crippen molar-refractivity contribution in [3.8, 4) is 5.75 Å². The van der Waals surface area contributed by atoms with Crippen molar-refractivity contribution in [2.24, 2.45) is 5.92 Å². The number of methoxy groups -OCH3 is 1. The summed E-state index contributed by atoms with van der Waals surface area (Å²) in [5.74, 6) is -0.115. The van der Waals surface area contributed by atoms with Crippen LogP contribution in [0.3, 0.4) is 0 Å². The summed E-state index contributed by atoms with van der Waals surface area (Å²) in [5.41, 5.74) is 6.61. The first-order chi connectivity index (χ1) is 9.03. The minimum absolute atomic E-state index is 0.133. The van der Waals surface area contributed by atoms with E-state index in [1.54, 1.807) is 0 Å². The molecule has 0 radical (unpaired) electrons. The number of halogens is 1. The first-order valence-corrected chi connectivity index (χ1v) is 6.58. The van der Waals surface area contributed by atoms with Gasteiger partial charge in [0.2, 0.25) is 0 Å². The van der Waals surface area contributed by atoms with Crippen LogP contribution in [-0.2, 0) is 0 Å².